The lowest BCUT2D eigenvalue weighted by Gasteiger charge is -2.29. The highest BCUT2D eigenvalue weighted by Gasteiger charge is 2.22. The van der Waals surface area contributed by atoms with Crippen molar-refractivity contribution in [3.63, 3.8) is 0 Å². The molecule has 102 valence electrons. The van der Waals surface area contributed by atoms with Crippen LogP contribution < -0.4 is 5.32 Å². The molecule has 0 aromatic heterocycles. The summed E-state index contributed by atoms with van der Waals surface area (Å²) in [5.74, 6) is 0.823. The Kier molecular flexibility index (Phi) is 4.34. The van der Waals surface area contributed by atoms with E-state index in [0.717, 1.165) is 5.92 Å². The first-order valence-corrected chi connectivity index (χ1v) is 7.93. The molecule has 1 saturated heterocycles. The first-order chi connectivity index (χ1) is 9.45. The zero-order valence-electron chi connectivity index (χ0n) is 11.8. The molecule has 19 heavy (non-hydrogen) atoms. The molecule has 1 aliphatic heterocycles. The van der Waals surface area contributed by atoms with Crippen molar-refractivity contribution < 1.29 is 0 Å². The predicted octanol–water partition coefficient (Wildman–Crippen LogP) is 4.40. The Labute approximate surface area is 117 Å². The second kappa shape index (κ2) is 6.38. The van der Waals surface area contributed by atoms with Gasteiger partial charge in [0.2, 0.25) is 0 Å². The number of nitrogens with one attached hydrogen (secondary N) is 1. The van der Waals surface area contributed by atoms with Crippen LogP contribution in [-0.2, 0) is 0 Å². The van der Waals surface area contributed by atoms with E-state index in [0.29, 0.717) is 0 Å². The average Bonchev–Trinajstić information content (AvgIpc) is 2.51. The second-order valence-electron chi connectivity index (χ2n) is 5.97. The number of benzene rings is 1. The fourth-order valence-corrected chi connectivity index (χ4v) is 3.74. The van der Waals surface area contributed by atoms with Gasteiger partial charge in [0, 0.05) is 0 Å². The molecule has 1 saturated carbocycles. The highest BCUT2D eigenvalue weighted by atomic mass is 14.9. The van der Waals surface area contributed by atoms with Gasteiger partial charge in [0.25, 0.3) is 0 Å². The summed E-state index contributed by atoms with van der Waals surface area (Å²) in [7, 11) is 0. The Hall–Kier alpha value is -1.08. The van der Waals surface area contributed by atoms with Crippen LogP contribution in [0.15, 0.2) is 35.9 Å². The van der Waals surface area contributed by atoms with Crippen molar-refractivity contribution >= 4 is 5.57 Å². The lowest BCUT2D eigenvalue weighted by atomic mass is 9.77. The Morgan fingerprint density at radius 3 is 2.26 bits per heavy atom. The Morgan fingerprint density at radius 2 is 1.58 bits per heavy atom. The molecule has 0 unspecified atom stereocenters. The molecule has 1 heterocycles. The Morgan fingerprint density at radius 1 is 0.895 bits per heavy atom. The fraction of sp³-hybridized carbons (Fsp3) is 0.556. The molecule has 1 N–H and O–H groups in total. The van der Waals surface area contributed by atoms with Gasteiger partial charge in [-0.15, -0.1) is 0 Å². The summed E-state index contributed by atoms with van der Waals surface area (Å²) in [6.45, 7) is 2.33. The summed E-state index contributed by atoms with van der Waals surface area (Å²) >= 11 is 0. The number of allylic oxidation sites excluding steroid dienone is 1. The van der Waals surface area contributed by atoms with Crippen molar-refractivity contribution in [3.8, 4) is 0 Å². The van der Waals surface area contributed by atoms with Crippen molar-refractivity contribution in [1.29, 1.82) is 0 Å². The van der Waals surface area contributed by atoms with E-state index >= 15 is 0 Å². The average molecular weight is 255 g/mol. The van der Waals surface area contributed by atoms with Crippen LogP contribution in [-0.4, -0.2) is 13.1 Å². The zero-order chi connectivity index (χ0) is 12.9. The van der Waals surface area contributed by atoms with Gasteiger partial charge in [0.05, 0.1) is 0 Å². The van der Waals surface area contributed by atoms with Gasteiger partial charge in [-0.25, -0.2) is 0 Å². The van der Waals surface area contributed by atoms with E-state index in [4.69, 9.17) is 0 Å². The van der Waals surface area contributed by atoms with Gasteiger partial charge in [-0.05, 0) is 55.8 Å². The molecule has 1 nitrogen and oxygen atoms in total. The van der Waals surface area contributed by atoms with Gasteiger partial charge in [-0.1, -0.05) is 55.2 Å². The van der Waals surface area contributed by atoms with Crippen LogP contribution in [0.1, 0.15) is 50.5 Å². The zero-order valence-corrected chi connectivity index (χ0v) is 11.8. The molecule has 2 fully saturated rings. The third-order valence-electron chi connectivity index (χ3n) is 4.69. The molecule has 0 atom stereocenters. The lowest BCUT2D eigenvalue weighted by Crippen LogP contribution is -2.25. The summed E-state index contributed by atoms with van der Waals surface area (Å²) in [5.41, 5.74) is 4.94. The predicted molar refractivity (Wildman–Crippen MR) is 82.0 cm³/mol. The number of hydrogen-bond donors (Lipinski definition) is 1. The SMILES string of the molecule is c1ccc(C(=C2CCNCC2)C2CCCCC2)cc1. The summed E-state index contributed by atoms with van der Waals surface area (Å²) < 4.78 is 0. The highest BCUT2D eigenvalue weighted by Crippen LogP contribution is 2.39. The Bertz CT molecular complexity index is 418. The van der Waals surface area contributed by atoms with Gasteiger partial charge in [0.15, 0.2) is 0 Å². The van der Waals surface area contributed by atoms with Crippen molar-refractivity contribution in [1.82, 2.24) is 5.32 Å². The van der Waals surface area contributed by atoms with Gasteiger partial charge in [0.1, 0.15) is 0 Å². The third-order valence-corrected chi connectivity index (χ3v) is 4.69. The van der Waals surface area contributed by atoms with Crippen molar-refractivity contribution in [2.75, 3.05) is 13.1 Å². The minimum atomic E-state index is 0.823. The van der Waals surface area contributed by atoms with Crippen LogP contribution in [0.4, 0.5) is 0 Å². The summed E-state index contributed by atoms with van der Waals surface area (Å²) in [6, 6.07) is 11.2. The largest absolute Gasteiger partial charge is 0.316 e. The molecule has 1 aromatic carbocycles. The van der Waals surface area contributed by atoms with Crippen LogP contribution in [0.2, 0.25) is 0 Å². The van der Waals surface area contributed by atoms with Crippen LogP contribution >= 0.6 is 0 Å². The molecule has 2 aliphatic rings. The molecule has 3 rings (SSSR count). The number of piperidine rings is 1. The molecule has 1 heteroatoms. The van der Waals surface area contributed by atoms with E-state index in [9.17, 15) is 0 Å². The van der Waals surface area contributed by atoms with Crippen LogP contribution in [0.25, 0.3) is 5.57 Å². The molecule has 1 aliphatic carbocycles. The normalized spacial score (nSPS) is 21.4. The molecule has 0 radical (unpaired) electrons. The molecular formula is C18H25N. The summed E-state index contributed by atoms with van der Waals surface area (Å²) in [4.78, 5) is 0. The maximum absolute atomic E-state index is 3.49. The standard InChI is InChI=1S/C18H25N/c1-3-7-15(8-4-1)18(16-9-5-2-6-10-16)17-11-13-19-14-12-17/h1,3-4,7-8,16,19H,2,5-6,9-14H2. The van der Waals surface area contributed by atoms with Crippen LogP contribution in [0.5, 0.6) is 0 Å². The monoisotopic (exact) mass is 255 g/mol. The molecular weight excluding hydrogens is 230 g/mol. The van der Waals surface area contributed by atoms with Gasteiger partial charge >= 0.3 is 0 Å². The quantitative estimate of drug-likeness (QED) is 0.825. The molecule has 0 amide bonds. The first kappa shape index (κ1) is 12.9. The van der Waals surface area contributed by atoms with Crippen LogP contribution in [0, 0.1) is 5.92 Å². The lowest BCUT2D eigenvalue weighted by molar-refractivity contribution is 0.426. The molecule has 1 aromatic rings. The van der Waals surface area contributed by atoms with Crippen molar-refractivity contribution in [2.24, 2.45) is 5.92 Å². The van der Waals surface area contributed by atoms with E-state index < -0.39 is 0 Å². The van der Waals surface area contributed by atoms with E-state index in [1.807, 2.05) is 0 Å². The number of hydrogen-bond acceptors (Lipinski definition) is 1. The smallest absolute Gasteiger partial charge is 0.00112 e. The van der Waals surface area contributed by atoms with E-state index in [1.54, 1.807) is 11.1 Å². The fourth-order valence-electron chi connectivity index (χ4n) is 3.74. The second-order valence-corrected chi connectivity index (χ2v) is 5.97. The minimum Gasteiger partial charge on any atom is -0.316 e. The van der Waals surface area contributed by atoms with Gasteiger partial charge < -0.3 is 5.32 Å². The number of rotatable bonds is 2. The van der Waals surface area contributed by atoms with E-state index in [1.165, 1.54) is 63.6 Å². The first-order valence-electron chi connectivity index (χ1n) is 7.93. The Balaban J connectivity index is 1.94. The summed E-state index contributed by atoms with van der Waals surface area (Å²) in [6.07, 6.45) is 9.60. The van der Waals surface area contributed by atoms with Gasteiger partial charge in [-0.2, -0.15) is 0 Å². The highest BCUT2D eigenvalue weighted by molar-refractivity contribution is 5.70. The minimum absolute atomic E-state index is 0.823. The van der Waals surface area contributed by atoms with E-state index in [-0.39, 0.29) is 0 Å². The maximum Gasteiger partial charge on any atom is -0.00112 e. The van der Waals surface area contributed by atoms with Crippen LogP contribution in [0.3, 0.4) is 0 Å². The molecule has 0 spiro atoms. The maximum atomic E-state index is 3.49. The van der Waals surface area contributed by atoms with Crippen molar-refractivity contribution in [3.05, 3.63) is 41.5 Å². The van der Waals surface area contributed by atoms with Gasteiger partial charge in [-0.3, -0.25) is 0 Å². The van der Waals surface area contributed by atoms with E-state index in [2.05, 4.69) is 35.6 Å². The topological polar surface area (TPSA) is 12.0 Å². The molecule has 0 bridgehead atoms. The van der Waals surface area contributed by atoms with Crippen molar-refractivity contribution in [2.45, 2.75) is 44.9 Å². The summed E-state index contributed by atoms with van der Waals surface area (Å²) in [5, 5.41) is 3.49. The third kappa shape index (κ3) is 3.09.